The van der Waals surface area contributed by atoms with Crippen LogP contribution < -0.4 is 10.2 Å². The molecule has 8 nitrogen and oxygen atoms in total. The lowest BCUT2D eigenvalue weighted by Gasteiger charge is -2.32. The summed E-state index contributed by atoms with van der Waals surface area (Å²) in [5, 5.41) is 4.25. The highest BCUT2D eigenvalue weighted by molar-refractivity contribution is 7.90. The fourth-order valence-electron chi connectivity index (χ4n) is 3.50. The number of rotatable bonds is 7. The summed E-state index contributed by atoms with van der Waals surface area (Å²) >= 11 is 6.09. The van der Waals surface area contributed by atoms with Gasteiger partial charge in [-0.3, -0.25) is 0 Å². The van der Waals surface area contributed by atoms with Gasteiger partial charge in [0.05, 0.1) is 23.2 Å². The molecule has 0 bridgehead atoms. The number of aromatic nitrogens is 3. The average molecular weight is 461 g/mol. The zero-order valence-corrected chi connectivity index (χ0v) is 18.9. The van der Waals surface area contributed by atoms with Gasteiger partial charge >= 0.3 is 0 Å². The maximum absolute atomic E-state index is 12.5. The van der Waals surface area contributed by atoms with Crippen molar-refractivity contribution in [3.8, 4) is 0 Å². The van der Waals surface area contributed by atoms with Gasteiger partial charge in [0.15, 0.2) is 9.84 Å². The molecule has 1 N–H and O–H groups in total. The standard InChI is InChI=1S/C21H25ClN6O2S/c1-27-8-10-28(11-9-27)21-25-18-14-24-19(22)13-17(18)20(26-21)23-7-12-31(29,30)15-16-5-3-2-4-6-16/h2-6,13-14H,7-12,15H2,1H3,(H,23,25,26). The van der Waals surface area contributed by atoms with Gasteiger partial charge in [-0.25, -0.2) is 18.4 Å². The van der Waals surface area contributed by atoms with Crippen molar-refractivity contribution in [2.24, 2.45) is 0 Å². The number of sulfone groups is 1. The van der Waals surface area contributed by atoms with Crippen LogP contribution in [-0.4, -0.2) is 73.8 Å². The SMILES string of the molecule is CN1CCN(c2nc(NCCS(=O)(=O)Cc3ccccc3)c3cc(Cl)ncc3n2)CC1. The Morgan fingerprint density at radius 2 is 1.84 bits per heavy atom. The van der Waals surface area contributed by atoms with E-state index in [2.05, 4.69) is 32.1 Å². The second-order valence-electron chi connectivity index (χ2n) is 7.69. The van der Waals surface area contributed by atoms with E-state index < -0.39 is 9.84 Å². The number of nitrogens with zero attached hydrogens (tertiary/aromatic N) is 5. The van der Waals surface area contributed by atoms with Crippen molar-refractivity contribution in [1.82, 2.24) is 19.9 Å². The summed E-state index contributed by atoms with van der Waals surface area (Å²) in [6.45, 7) is 3.76. The van der Waals surface area contributed by atoms with Gasteiger partial charge in [-0.05, 0) is 18.7 Å². The van der Waals surface area contributed by atoms with Crippen molar-refractivity contribution >= 4 is 44.1 Å². The van der Waals surface area contributed by atoms with Crippen LogP contribution in [0, 0.1) is 0 Å². The fourth-order valence-corrected chi connectivity index (χ4v) is 4.92. The Hall–Kier alpha value is -2.49. The maximum atomic E-state index is 12.5. The van der Waals surface area contributed by atoms with E-state index in [9.17, 15) is 8.42 Å². The smallest absolute Gasteiger partial charge is 0.228 e. The molecule has 31 heavy (non-hydrogen) atoms. The fraction of sp³-hybridized carbons (Fsp3) is 0.381. The minimum Gasteiger partial charge on any atom is -0.368 e. The summed E-state index contributed by atoms with van der Waals surface area (Å²) in [6.07, 6.45) is 1.62. The maximum Gasteiger partial charge on any atom is 0.228 e. The van der Waals surface area contributed by atoms with Crippen LogP contribution in [0.15, 0.2) is 42.6 Å². The molecule has 3 heterocycles. The molecule has 1 aliphatic rings. The number of hydrogen-bond donors (Lipinski definition) is 1. The Morgan fingerprint density at radius 3 is 2.58 bits per heavy atom. The largest absolute Gasteiger partial charge is 0.368 e. The predicted molar refractivity (Wildman–Crippen MR) is 124 cm³/mol. The molecule has 3 aromatic rings. The third-order valence-electron chi connectivity index (χ3n) is 5.26. The lowest BCUT2D eigenvalue weighted by molar-refractivity contribution is 0.311. The number of anilines is 2. The molecule has 0 unspecified atom stereocenters. The quantitative estimate of drug-likeness (QED) is 0.537. The molecule has 2 aromatic heterocycles. The second kappa shape index (κ2) is 9.33. The van der Waals surface area contributed by atoms with Gasteiger partial charge in [-0.1, -0.05) is 41.9 Å². The molecule has 0 spiro atoms. The summed E-state index contributed by atoms with van der Waals surface area (Å²) in [4.78, 5) is 17.9. The molecule has 0 aliphatic carbocycles. The van der Waals surface area contributed by atoms with Crippen LogP contribution in [0.3, 0.4) is 0 Å². The molecule has 4 rings (SSSR count). The highest BCUT2D eigenvalue weighted by atomic mass is 35.5. The lowest BCUT2D eigenvalue weighted by atomic mass is 10.2. The minimum atomic E-state index is -3.26. The third-order valence-corrected chi connectivity index (χ3v) is 7.06. The van der Waals surface area contributed by atoms with Gasteiger partial charge in [-0.15, -0.1) is 0 Å². The lowest BCUT2D eigenvalue weighted by Crippen LogP contribution is -2.45. The molecule has 1 aromatic carbocycles. The van der Waals surface area contributed by atoms with E-state index in [-0.39, 0.29) is 18.1 Å². The van der Waals surface area contributed by atoms with Crippen molar-refractivity contribution in [3.05, 3.63) is 53.3 Å². The van der Waals surface area contributed by atoms with Gasteiger partial charge in [0, 0.05) is 38.1 Å². The first-order chi connectivity index (χ1) is 14.9. The summed E-state index contributed by atoms with van der Waals surface area (Å²) < 4.78 is 25.1. The number of fused-ring (bicyclic) bond motifs is 1. The van der Waals surface area contributed by atoms with Crippen molar-refractivity contribution in [1.29, 1.82) is 0 Å². The summed E-state index contributed by atoms with van der Waals surface area (Å²) in [7, 11) is -1.17. The van der Waals surface area contributed by atoms with E-state index in [0.717, 1.165) is 37.1 Å². The molecule has 1 fully saturated rings. The zero-order valence-electron chi connectivity index (χ0n) is 17.3. The molecule has 0 atom stereocenters. The topological polar surface area (TPSA) is 91.3 Å². The van der Waals surface area contributed by atoms with Gasteiger partial charge in [0.25, 0.3) is 0 Å². The average Bonchev–Trinajstić information content (AvgIpc) is 2.74. The van der Waals surface area contributed by atoms with E-state index in [1.54, 1.807) is 12.3 Å². The molecule has 1 saturated heterocycles. The first kappa shape index (κ1) is 21.7. The predicted octanol–water partition coefficient (Wildman–Crippen LogP) is 2.46. The van der Waals surface area contributed by atoms with Crippen molar-refractivity contribution < 1.29 is 8.42 Å². The Kier molecular flexibility index (Phi) is 6.54. The molecular weight excluding hydrogens is 436 g/mol. The number of hydrogen-bond acceptors (Lipinski definition) is 8. The molecular formula is C21H25ClN6O2S. The van der Waals surface area contributed by atoms with Crippen LogP contribution in [0.4, 0.5) is 11.8 Å². The van der Waals surface area contributed by atoms with Crippen LogP contribution in [-0.2, 0) is 15.6 Å². The van der Waals surface area contributed by atoms with Crippen LogP contribution in [0.2, 0.25) is 5.15 Å². The highest BCUT2D eigenvalue weighted by Crippen LogP contribution is 2.25. The zero-order chi connectivity index (χ0) is 21.8. The number of nitrogens with one attached hydrogen (secondary N) is 1. The number of piperazine rings is 1. The van der Waals surface area contributed by atoms with Crippen molar-refractivity contribution in [3.63, 3.8) is 0 Å². The van der Waals surface area contributed by atoms with E-state index in [0.29, 0.717) is 22.4 Å². The van der Waals surface area contributed by atoms with E-state index >= 15 is 0 Å². The molecule has 0 amide bonds. The Morgan fingerprint density at radius 1 is 1.10 bits per heavy atom. The van der Waals surface area contributed by atoms with Gasteiger partial charge in [0.1, 0.15) is 11.0 Å². The first-order valence-corrected chi connectivity index (χ1v) is 12.3. The van der Waals surface area contributed by atoms with Gasteiger partial charge in [0.2, 0.25) is 5.95 Å². The summed E-state index contributed by atoms with van der Waals surface area (Å²) in [6, 6.07) is 10.9. The molecule has 10 heteroatoms. The Balaban J connectivity index is 1.52. The number of halogens is 1. The normalized spacial score (nSPS) is 15.4. The molecule has 0 radical (unpaired) electrons. The van der Waals surface area contributed by atoms with Gasteiger partial charge < -0.3 is 15.1 Å². The monoisotopic (exact) mass is 460 g/mol. The van der Waals surface area contributed by atoms with E-state index in [4.69, 9.17) is 16.6 Å². The number of likely N-dealkylation sites (N-methyl/N-ethyl adjacent to an activating group) is 1. The molecule has 1 aliphatic heterocycles. The molecule has 0 saturated carbocycles. The second-order valence-corrected chi connectivity index (χ2v) is 10.3. The van der Waals surface area contributed by atoms with Crippen molar-refractivity contribution in [2.75, 3.05) is 55.7 Å². The Labute approximate surface area is 187 Å². The summed E-state index contributed by atoms with van der Waals surface area (Å²) in [5.74, 6) is 1.19. The highest BCUT2D eigenvalue weighted by Gasteiger charge is 2.19. The van der Waals surface area contributed by atoms with E-state index in [1.807, 2.05) is 30.3 Å². The van der Waals surface area contributed by atoms with Crippen molar-refractivity contribution in [2.45, 2.75) is 5.75 Å². The Bertz CT molecular complexity index is 1150. The number of pyridine rings is 1. The van der Waals surface area contributed by atoms with Crippen LogP contribution >= 0.6 is 11.6 Å². The van der Waals surface area contributed by atoms with Gasteiger partial charge in [-0.2, -0.15) is 4.98 Å². The number of benzene rings is 1. The first-order valence-electron chi connectivity index (χ1n) is 10.1. The third kappa shape index (κ3) is 5.61. The summed E-state index contributed by atoms with van der Waals surface area (Å²) in [5.41, 5.74) is 1.45. The van der Waals surface area contributed by atoms with Crippen LogP contribution in [0.25, 0.3) is 10.9 Å². The van der Waals surface area contributed by atoms with Crippen LogP contribution in [0.5, 0.6) is 0 Å². The molecule has 164 valence electrons. The minimum absolute atomic E-state index is 0.00392. The van der Waals surface area contributed by atoms with E-state index in [1.165, 1.54) is 0 Å². The van der Waals surface area contributed by atoms with Crippen LogP contribution in [0.1, 0.15) is 5.56 Å².